The van der Waals surface area contributed by atoms with Crippen molar-refractivity contribution in [1.29, 1.82) is 0 Å². The average Bonchev–Trinajstić information content (AvgIpc) is 3.00. The minimum absolute atomic E-state index is 0.131. The number of likely N-dealkylation sites (N-methyl/N-ethyl adjacent to an activating group) is 1. The third-order valence-corrected chi connectivity index (χ3v) is 6.01. The Bertz CT molecular complexity index is 1160. The predicted molar refractivity (Wildman–Crippen MR) is 131 cm³/mol. The number of nitrogens with zero attached hydrogens (tertiary/aromatic N) is 4. The van der Waals surface area contributed by atoms with Crippen molar-refractivity contribution >= 4 is 11.7 Å². The molecule has 2 aromatic carbocycles. The van der Waals surface area contributed by atoms with E-state index in [1.54, 1.807) is 17.0 Å². The number of anilines is 1. The standard InChI is InChI=1S/C26H30FN5O3/c1-28-12-11-23(18-7-5-4-6-8-18)35-20-10-9-19(22(27)15-20)17-32-14-13-31(2)24-21(25(32)33)16-29-26(30-24)34-3/h4-10,15-16,23,28H,11-14,17H2,1-3H3/t23-/m0/s1. The zero-order chi connectivity index (χ0) is 24.8. The molecule has 1 N–H and O–H groups in total. The number of rotatable bonds is 9. The highest BCUT2D eigenvalue weighted by Crippen LogP contribution is 2.28. The maximum Gasteiger partial charge on any atom is 0.318 e. The molecule has 0 saturated heterocycles. The Hall–Kier alpha value is -3.72. The van der Waals surface area contributed by atoms with E-state index in [-0.39, 0.29) is 24.6 Å². The van der Waals surface area contributed by atoms with Crippen molar-refractivity contribution in [2.24, 2.45) is 0 Å². The molecule has 0 bridgehead atoms. The Kier molecular flexibility index (Phi) is 7.77. The van der Waals surface area contributed by atoms with Crippen LogP contribution >= 0.6 is 0 Å². The molecule has 1 aromatic heterocycles. The molecule has 1 atom stereocenters. The van der Waals surface area contributed by atoms with Gasteiger partial charge in [0.25, 0.3) is 5.91 Å². The van der Waals surface area contributed by atoms with Crippen LogP contribution in [0.4, 0.5) is 10.2 Å². The van der Waals surface area contributed by atoms with Crippen molar-refractivity contribution in [3.63, 3.8) is 0 Å². The quantitative estimate of drug-likeness (QED) is 0.504. The lowest BCUT2D eigenvalue weighted by molar-refractivity contribution is 0.0752. The number of aromatic nitrogens is 2. The minimum Gasteiger partial charge on any atom is -0.486 e. The zero-order valence-corrected chi connectivity index (χ0v) is 20.2. The zero-order valence-electron chi connectivity index (χ0n) is 20.2. The number of hydrogen-bond acceptors (Lipinski definition) is 7. The molecule has 0 saturated carbocycles. The van der Waals surface area contributed by atoms with Crippen molar-refractivity contribution in [3.05, 3.63) is 77.2 Å². The number of fused-ring (bicyclic) bond motifs is 1. The van der Waals surface area contributed by atoms with Gasteiger partial charge in [0.1, 0.15) is 29.1 Å². The molecular weight excluding hydrogens is 449 g/mol. The number of amides is 1. The maximum atomic E-state index is 15.1. The normalized spacial score (nSPS) is 14.3. The van der Waals surface area contributed by atoms with Crippen LogP contribution in [-0.4, -0.2) is 61.6 Å². The molecule has 0 spiro atoms. The van der Waals surface area contributed by atoms with Gasteiger partial charge in [0.05, 0.1) is 7.11 Å². The fraction of sp³-hybridized carbons (Fsp3) is 0.346. The lowest BCUT2D eigenvalue weighted by Gasteiger charge is -2.22. The molecule has 1 amide bonds. The number of benzene rings is 2. The molecule has 184 valence electrons. The second kappa shape index (κ2) is 11.1. The van der Waals surface area contributed by atoms with Gasteiger partial charge in [-0.1, -0.05) is 36.4 Å². The summed E-state index contributed by atoms with van der Waals surface area (Å²) in [6, 6.07) is 14.9. The van der Waals surface area contributed by atoms with E-state index in [1.165, 1.54) is 19.4 Å². The summed E-state index contributed by atoms with van der Waals surface area (Å²) < 4.78 is 26.4. The van der Waals surface area contributed by atoms with Crippen molar-refractivity contribution < 1.29 is 18.7 Å². The van der Waals surface area contributed by atoms with Gasteiger partial charge in [-0.15, -0.1) is 0 Å². The highest BCUT2D eigenvalue weighted by molar-refractivity contribution is 5.99. The van der Waals surface area contributed by atoms with Gasteiger partial charge in [0, 0.05) is 50.9 Å². The Labute approximate surface area is 204 Å². The van der Waals surface area contributed by atoms with E-state index >= 15 is 4.39 Å². The van der Waals surface area contributed by atoms with Gasteiger partial charge in [-0.3, -0.25) is 4.79 Å². The summed E-state index contributed by atoms with van der Waals surface area (Å²) in [6.45, 7) is 1.87. The highest BCUT2D eigenvalue weighted by Gasteiger charge is 2.28. The number of hydrogen-bond donors (Lipinski definition) is 1. The molecule has 35 heavy (non-hydrogen) atoms. The molecule has 0 aliphatic carbocycles. The Morgan fingerprint density at radius 2 is 1.97 bits per heavy atom. The van der Waals surface area contributed by atoms with Crippen molar-refractivity contribution in [2.45, 2.75) is 19.1 Å². The fourth-order valence-corrected chi connectivity index (χ4v) is 4.03. The van der Waals surface area contributed by atoms with Crippen LogP contribution in [0.5, 0.6) is 11.8 Å². The molecule has 1 aliphatic heterocycles. The molecule has 0 radical (unpaired) electrons. The fourth-order valence-electron chi connectivity index (χ4n) is 4.03. The number of halogens is 1. The summed E-state index contributed by atoms with van der Waals surface area (Å²) in [7, 11) is 5.22. The van der Waals surface area contributed by atoms with Crippen molar-refractivity contribution in [2.75, 3.05) is 45.7 Å². The first-order chi connectivity index (χ1) is 17.0. The molecule has 3 aromatic rings. The summed E-state index contributed by atoms with van der Waals surface area (Å²) in [6.07, 6.45) is 2.00. The van der Waals surface area contributed by atoms with E-state index in [1.807, 2.05) is 49.3 Å². The van der Waals surface area contributed by atoms with E-state index in [9.17, 15) is 4.79 Å². The molecule has 2 heterocycles. The number of carbonyl (C=O) groups is 1. The second-order valence-corrected chi connectivity index (χ2v) is 8.40. The molecule has 1 aliphatic rings. The number of methoxy groups -OCH3 is 1. The largest absolute Gasteiger partial charge is 0.486 e. The Morgan fingerprint density at radius 3 is 2.69 bits per heavy atom. The van der Waals surface area contributed by atoms with Crippen LogP contribution in [0.3, 0.4) is 0 Å². The lowest BCUT2D eigenvalue weighted by Crippen LogP contribution is -2.33. The van der Waals surface area contributed by atoms with Crippen LogP contribution in [0.15, 0.2) is 54.7 Å². The monoisotopic (exact) mass is 479 g/mol. The van der Waals surface area contributed by atoms with Gasteiger partial charge in [-0.2, -0.15) is 4.98 Å². The van der Waals surface area contributed by atoms with Gasteiger partial charge in [-0.25, -0.2) is 9.37 Å². The topological polar surface area (TPSA) is 79.8 Å². The van der Waals surface area contributed by atoms with Crippen LogP contribution in [0.1, 0.15) is 34.0 Å². The summed E-state index contributed by atoms with van der Waals surface area (Å²) in [5.41, 5.74) is 1.81. The van der Waals surface area contributed by atoms with E-state index < -0.39 is 5.82 Å². The summed E-state index contributed by atoms with van der Waals surface area (Å²) in [4.78, 5) is 25.1. The van der Waals surface area contributed by atoms with Gasteiger partial charge in [0.2, 0.25) is 0 Å². The Morgan fingerprint density at radius 1 is 1.17 bits per heavy atom. The average molecular weight is 480 g/mol. The first-order valence-corrected chi connectivity index (χ1v) is 11.6. The summed E-state index contributed by atoms with van der Waals surface area (Å²) in [5.74, 6) is 0.286. The molecular formula is C26H30FN5O3. The number of carbonyl (C=O) groups excluding carboxylic acids is 1. The smallest absolute Gasteiger partial charge is 0.318 e. The molecule has 4 rings (SSSR count). The lowest BCUT2D eigenvalue weighted by atomic mass is 10.1. The third-order valence-electron chi connectivity index (χ3n) is 6.01. The minimum atomic E-state index is -0.417. The maximum absolute atomic E-state index is 15.1. The van der Waals surface area contributed by atoms with E-state index in [0.29, 0.717) is 35.8 Å². The van der Waals surface area contributed by atoms with Gasteiger partial charge >= 0.3 is 6.01 Å². The van der Waals surface area contributed by atoms with Crippen LogP contribution in [0, 0.1) is 5.82 Å². The number of ether oxygens (including phenoxy) is 2. The molecule has 8 nitrogen and oxygen atoms in total. The highest BCUT2D eigenvalue weighted by atomic mass is 19.1. The Balaban J connectivity index is 1.51. The SMILES string of the molecule is CNCC[C@H](Oc1ccc(CN2CCN(C)c3nc(OC)ncc3C2=O)c(F)c1)c1ccccc1. The van der Waals surface area contributed by atoms with Crippen LogP contribution in [0.2, 0.25) is 0 Å². The molecule has 0 unspecified atom stereocenters. The van der Waals surface area contributed by atoms with Crippen LogP contribution in [0.25, 0.3) is 0 Å². The van der Waals surface area contributed by atoms with Gasteiger partial charge < -0.3 is 24.6 Å². The van der Waals surface area contributed by atoms with E-state index in [2.05, 4.69) is 15.3 Å². The summed E-state index contributed by atoms with van der Waals surface area (Å²) in [5, 5.41) is 3.13. The third kappa shape index (κ3) is 5.68. The first kappa shape index (κ1) is 24.4. The first-order valence-electron chi connectivity index (χ1n) is 11.6. The second-order valence-electron chi connectivity index (χ2n) is 8.40. The van der Waals surface area contributed by atoms with E-state index in [4.69, 9.17) is 9.47 Å². The van der Waals surface area contributed by atoms with E-state index in [0.717, 1.165) is 18.5 Å². The molecule has 9 heteroatoms. The van der Waals surface area contributed by atoms with Crippen molar-refractivity contribution in [1.82, 2.24) is 20.2 Å². The van der Waals surface area contributed by atoms with Gasteiger partial charge in [0.15, 0.2) is 0 Å². The van der Waals surface area contributed by atoms with Crippen LogP contribution in [-0.2, 0) is 6.54 Å². The van der Waals surface area contributed by atoms with Gasteiger partial charge in [-0.05, 0) is 25.2 Å². The predicted octanol–water partition coefficient (Wildman–Crippen LogP) is 3.45. The van der Waals surface area contributed by atoms with Crippen molar-refractivity contribution in [3.8, 4) is 11.8 Å². The number of nitrogens with one attached hydrogen (secondary N) is 1. The van der Waals surface area contributed by atoms with Crippen LogP contribution < -0.4 is 19.7 Å². The molecule has 0 fully saturated rings. The summed E-state index contributed by atoms with van der Waals surface area (Å²) >= 11 is 0.